The number of halogens is 2. The van der Waals surface area contributed by atoms with Crippen molar-refractivity contribution >= 4 is 46.4 Å². The van der Waals surface area contributed by atoms with Crippen molar-refractivity contribution in [2.45, 2.75) is 43.0 Å². The number of carbonyl (C=O) groups excluding carboxylic acids is 2. The van der Waals surface area contributed by atoms with E-state index in [1.165, 1.54) is 6.92 Å². The number of alkyl halides is 2. The number of hydrogen-bond donors (Lipinski definition) is 2. The van der Waals surface area contributed by atoms with Gasteiger partial charge in [0.15, 0.2) is 5.60 Å². The van der Waals surface area contributed by atoms with Gasteiger partial charge in [0, 0.05) is 24.2 Å². The van der Waals surface area contributed by atoms with Crippen LogP contribution in [-0.2, 0) is 9.59 Å². The number of anilines is 2. The maximum atomic E-state index is 12.6. The molecule has 0 bridgehead atoms. The fourth-order valence-corrected chi connectivity index (χ4v) is 3.37. The lowest BCUT2D eigenvalue weighted by Gasteiger charge is -2.25. The van der Waals surface area contributed by atoms with Gasteiger partial charge in [0.25, 0.3) is 5.91 Å². The lowest BCUT2D eigenvalue weighted by atomic mass is 10.1. The zero-order valence-corrected chi connectivity index (χ0v) is 17.4. The van der Waals surface area contributed by atoms with E-state index in [1.807, 2.05) is 24.3 Å². The van der Waals surface area contributed by atoms with E-state index in [1.54, 1.807) is 38.1 Å². The van der Waals surface area contributed by atoms with Gasteiger partial charge in [-0.15, -0.1) is 23.2 Å². The lowest BCUT2D eigenvalue weighted by Crippen LogP contribution is -2.42. The summed E-state index contributed by atoms with van der Waals surface area (Å²) in [4.78, 5) is 23.7. The van der Waals surface area contributed by atoms with Crippen LogP contribution in [-0.4, -0.2) is 21.7 Å². The summed E-state index contributed by atoms with van der Waals surface area (Å²) in [6, 6.07) is 14.3. The molecule has 2 N–H and O–H groups in total. The Morgan fingerprint density at radius 1 is 1.00 bits per heavy atom. The van der Waals surface area contributed by atoms with E-state index < -0.39 is 9.93 Å². The third kappa shape index (κ3) is 4.97. The summed E-state index contributed by atoms with van der Waals surface area (Å²) in [6.45, 7) is 4.84. The van der Waals surface area contributed by atoms with Crippen LogP contribution >= 0.6 is 23.2 Å². The van der Waals surface area contributed by atoms with Gasteiger partial charge in [-0.1, -0.05) is 12.1 Å². The topological polar surface area (TPSA) is 67.4 Å². The molecule has 7 heteroatoms. The highest BCUT2D eigenvalue weighted by Crippen LogP contribution is 2.59. The highest BCUT2D eigenvalue weighted by Gasteiger charge is 2.52. The molecule has 1 saturated carbocycles. The van der Waals surface area contributed by atoms with E-state index in [0.717, 1.165) is 12.0 Å². The molecule has 0 unspecified atom stereocenters. The quantitative estimate of drug-likeness (QED) is 0.638. The molecule has 0 spiro atoms. The molecule has 5 nitrogen and oxygen atoms in total. The normalized spacial score (nSPS) is 17.5. The summed E-state index contributed by atoms with van der Waals surface area (Å²) in [6.07, 6.45) is 0.741. The molecule has 3 rings (SSSR count). The molecule has 2 amide bonds. The number of nitrogens with one attached hydrogen (secondary N) is 2. The Labute approximate surface area is 174 Å². The second kappa shape index (κ2) is 7.64. The van der Waals surface area contributed by atoms with Crippen LogP contribution < -0.4 is 15.4 Å². The minimum absolute atomic E-state index is 0.140. The van der Waals surface area contributed by atoms with Crippen molar-refractivity contribution in [3.05, 3.63) is 54.1 Å². The first kappa shape index (κ1) is 20.5. The molecule has 0 saturated heterocycles. The van der Waals surface area contributed by atoms with Gasteiger partial charge in [0.05, 0.1) is 0 Å². The van der Waals surface area contributed by atoms with Gasteiger partial charge in [-0.25, -0.2) is 0 Å². The lowest BCUT2D eigenvalue weighted by molar-refractivity contribution is -0.128. The standard InChI is InChI=1S/C21H22Cl2N2O3/c1-13(26)24-15-6-8-16(9-7-15)25-19(27)20(2,3)28-17-10-4-14(5-11-17)18-12-21(18,22)23/h4-11,18H,12H2,1-3H3,(H,24,26)(H,25,27)/t18-/m0/s1. The fourth-order valence-electron chi connectivity index (χ4n) is 2.81. The van der Waals surface area contributed by atoms with Crippen molar-refractivity contribution in [2.75, 3.05) is 10.6 Å². The van der Waals surface area contributed by atoms with Crippen molar-refractivity contribution in [3.8, 4) is 5.75 Å². The van der Waals surface area contributed by atoms with Gasteiger partial charge in [0.2, 0.25) is 5.91 Å². The zero-order chi connectivity index (χ0) is 20.5. The summed E-state index contributed by atoms with van der Waals surface area (Å²) in [7, 11) is 0. The highest BCUT2D eigenvalue weighted by atomic mass is 35.5. The minimum atomic E-state index is -1.08. The molecule has 0 aliphatic heterocycles. The second-order valence-electron chi connectivity index (χ2n) is 7.41. The van der Waals surface area contributed by atoms with Crippen molar-refractivity contribution < 1.29 is 14.3 Å². The SMILES string of the molecule is CC(=O)Nc1ccc(NC(=O)C(C)(C)Oc2ccc([C@@H]3CC3(Cl)Cl)cc2)cc1. The molecule has 0 radical (unpaired) electrons. The van der Waals surface area contributed by atoms with E-state index in [4.69, 9.17) is 27.9 Å². The van der Waals surface area contributed by atoms with Crippen molar-refractivity contribution in [1.82, 2.24) is 0 Å². The number of benzene rings is 2. The third-order valence-corrected chi connectivity index (χ3v) is 5.33. The van der Waals surface area contributed by atoms with Gasteiger partial charge in [-0.3, -0.25) is 9.59 Å². The number of rotatable bonds is 6. The van der Waals surface area contributed by atoms with Crippen molar-refractivity contribution in [3.63, 3.8) is 0 Å². The summed E-state index contributed by atoms with van der Waals surface area (Å²) < 4.78 is 5.21. The van der Waals surface area contributed by atoms with E-state index >= 15 is 0 Å². The molecule has 28 heavy (non-hydrogen) atoms. The van der Waals surface area contributed by atoms with Crippen LogP contribution in [0.4, 0.5) is 11.4 Å². The Bertz CT molecular complexity index is 878. The fraction of sp³-hybridized carbons (Fsp3) is 0.333. The van der Waals surface area contributed by atoms with Crippen LogP contribution in [0.15, 0.2) is 48.5 Å². The average Bonchev–Trinajstić information content (AvgIpc) is 3.25. The van der Waals surface area contributed by atoms with Crippen molar-refractivity contribution in [1.29, 1.82) is 0 Å². The van der Waals surface area contributed by atoms with Crippen molar-refractivity contribution in [2.24, 2.45) is 0 Å². The third-order valence-electron chi connectivity index (χ3n) is 4.49. The highest BCUT2D eigenvalue weighted by molar-refractivity contribution is 6.51. The number of amides is 2. The Balaban J connectivity index is 1.60. The molecule has 1 aliphatic carbocycles. The first-order valence-electron chi connectivity index (χ1n) is 8.93. The van der Waals surface area contributed by atoms with Crippen LogP contribution in [0.5, 0.6) is 5.75 Å². The average molecular weight is 421 g/mol. The molecule has 1 atom stereocenters. The predicted octanol–water partition coefficient (Wildman–Crippen LogP) is 5.10. The van der Waals surface area contributed by atoms with Crippen LogP contribution in [0.1, 0.15) is 38.7 Å². The number of carbonyl (C=O) groups is 2. The van der Waals surface area contributed by atoms with Gasteiger partial charge < -0.3 is 15.4 Å². The molecule has 1 fully saturated rings. The molecule has 0 heterocycles. The van der Waals surface area contributed by atoms with Gasteiger partial charge in [-0.05, 0) is 62.2 Å². The van der Waals surface area contributed by atoms with E-state index in [9.17, 15) is 9.59 Å². The van der Waals surface area contributed by atoms with E-state index in [0.29, 0.717) is 17.1 Å². The molecule has 148 valence electrons. The number of hydrogen-bond acceptors (Lipinski definition) is 3. The predicted molar refractivity (Wildman–Crippen MR) is 112 cm³/mol. The minimum Gasteiger partial charge on any atom is -0.478 e. The van der Waals surface area contributed by atoms with Crippen LogP contribution in [0.2, 0.25) is 0 Å². The van der Waals surface area contributed by atoms with Crippen LogP contribution in [0, 0.1) is 0 Å². The van der Waals surface area contributed by atoms with Crippen LogP contribution in [0.25, 0.3) is 0 Å². The summed E-state index contributed by atoms with van der Waals surface area (Å²) >= 11 is 12.2. The van der Waals surface area contributed by atoms with Gasteiger partial charge in [-0.2, -0.15) is 0 Å². The molecular weight excluding hydrogens is 399 g/mol. The molecule has 1 aliphatic rings. The summed E-state index contributed by atoms with van der Waals surface area (Å²) in [5.41, 5.74) is 1.24. The van der Waals surface area contributed by atoms with E-state index in [2.05, 4.69) is 10.6 Å². The first-order valence-corrected chi connectivity index (χ1v) is 9.68. The van der Waals surface area contributed by atoms with Gasteiger partial charge >= 0.3 is 0 Å². The summed E-state index contributed by atoms with van der Waals surface area (Å²) in [5.74, 6) is 0.287. The van der Waals surface area contributed by atoms with E-state index in [-0.39, 0.29) is 17.7 Å². The Morgan fingerprint density at radius 3 is 1.96 bits per heavy atom. The molecule has 0 aromatic heterocycles. The zero-order valence-electron chi connectivity index (χ0n) is 15.9. The maximum Gasteiger partial charge on any atom is 0.267 e. The summed E-state index contributed by atoms with van der Waals surface area (Å²) in [5, 5.41) is 5.50. The first-order chi connectivity index (χ1) is 13.1. The Morgan fingerprint density at radius 2 is 1.50 bits per heavy atom. The molecule has 2 aromatic rings. The largest absolute Gasteiger partial charge is 0.478 e. The Hall–Kier alpha value is -2.24. The van der Waals surface area contributed by atoms with Gasteiger partial charge in [0.1, 0.15) is 10.1 Å². The molecule has 2 aromatic carbocycles. The number of ether oxygens (including phenoxy) is 1. The maximum absolute atomic E-state index is 12.6. The van der Waals surface area contributed by atoms with Crippen LogP contribution in [0.3, 0.4) is 0 Å². The Kier molecular flexibility index (Phi) is 5.60. The molecular formula is C21H22Cl2N2O3. The smallest absolute Gasteiger partial charge is 0.267 e. The second-order valence-corrected chi connectivity index (χ2v) is 8.95. The monoisotopic (exact) mass is 420 g/mol.